The third-order valence-corrected chi connectivity index (χ3v) is 10.2. The first-order valence-electron chi connectivity index (χ1n) is 17.4. The topological polar surface area (TPSA) is 65.1 Å². The maximum Gasteiger partial charge on any atom is 0.248 e. The molecule has 244 valence electrons. The Morgan fingerprint density at radius 3 is 2.04 bits per heavy atom. The Hall–Kier alpha value is -3.52. The van der Waals surface area contributed by atoms with Crippen LogP contribution in [-0.4, -0.2) is 83.5 Å². The van der Waals surface area contributed by atoms with E-state index in [-0.39, 0.29) is 24.5 Å². The number of carbonyl (C=O) groups excluding carboxylic acids is 2. The van der Waals surface area contributed by atoms with Gasteiger partial charge in [-0.05, 0) is 61.8 Å². The van der Waals surface area contributed by atoms with E-state index in [1.165, 1.54) is 36.8 Å². The zero-order chi connectivity index (χ0) is 31.6. The van der Waals surface area contributed by atoms with Crippen LogP contribution in [0.25, 0.3) is 0 Å². The molecule has 1 N–H and O–H groups in total. The molecule has 3 fully saturated rings. The molecular weight excluding hydrogens is 572 g/mol. The van der Waals surface area contributed by atoms with Crippen LogP contribution in [0.5, 0.6) is 0 Å². The summed E-state index contributed by atoms with van der Waals surface area (Å²) in [5.41, 5.74) is 2.97. The Bertz CT molecular complexity index is 1380. The van der Waals surface area contributed by atoms with Crippen LogP contribution < -0.4 is 5.32 Å². The SMILES string of the molecule is O=C1C(COCc2ccccc2)NC(=O)C2(CCN(CCCCCCc3ccccc3)CC2)N1C1CCN(Cc2ccccc2)C1. The van der Waals surface area contributed by atoms with Gasteiger partial charge in [0.2, 0.25) is 11.8 Å². The van der Waals surface area contributed by atoms with E-state index in [9.17, 15) is 9.59 Å². The van der Waals surface area contributed by atoms with Gasteiger partial charge in [0.05, 0.1) is 13.2 Å². The normalized spacial score (nSPS) is 22.0. The van der Waals surface area contributed by atoms with Gasteiger partial charge in [0.25, 0.3) is 0 Å². The Morgan fingerprint density at radius 2 is 1.35 bits per heavy atom. The molecule has 0 saturated carbocycles. The van der Waals surface area contributed by atoms with E-state index >= 15 is 0 Å². The number of unbranched alkanes of at least 4 members (excludes halogenated alkanes) is 3. The molecule has 0 aliphatic carbocycles. The molecule has 2 atom stereocenters. The van der Waals surface area contributed by atoms with E-state index in [2.05, 4.69) is 69.7 Å². The quantitative estimate of drug-likeness (QED) is 0.243. The Kier molecular flexibility index (Phi) is 11.2. The fraction of sp³-hybridized carbons (Fsp3) is 0.487. The van der Waals surface area contributed by atoms with Gasteiger partial charge >= 0.3 is 0 Å². The molecule has 0 radical (unpaired) electrons. The van der Waals surface area contributed by atoms with Crippen molar-refractivity contribution in [3.05, 3.63) is 108 Å². The van der Waals surface area contributed by atoms with Crippen LogP contribution in [0.4, 0.5) is 0 Å². The first kappa shape index (κ1) is 32.4. The van der Waals surface area contributed by atoms with Gasteiger partial charge in [-0.2, -0.15) is 0 Å². The predicted octanol–water partition coefficient (Wildman–Crippen LogP) is 5.44. The van der Waals surface area contributed by atoms with Gasteiger partial charge < -0.3 is 19.9 Å². The van der Waals surface area contributed by atoms with Crippen LogP contribution in [-0.2, 0) is 33.9 Å². The number of nitrogens with one attached hydrogen (secondary N) is 1. The maximum atomic E-state index is 14.3. The van der Waals surface area contributed by atoms with Gasteiger partial charge in [0, 0.05) is 38.8 Å². The molecule has 2 amide bonds. The van der Waals surface area contributed by atoms with E-state index in [1.807, 2.05) is 41.3 Å². The maximum absolute atomic E-state index is 14.3. The number of likely N-dealkylation sites (tertiary alicyclic amines) is 2. The van der Waals surface area contributed by atoms with Crippen molar-refractivity contribution in [1.29, 1.82) is 0 Å². The van der Waals surface area contributed by atoms with E-state index in [4.69, 9.17) is 4.74 Å². The summed E-state index contributed by atoms with van der Waals surface area (Å²) in [6.45, 7) is 5.92. The number of nitrogens with zero attached hydrogens (tertiary/aromatic N) is 3. The van der Waals surface area contributed by atoms with Crippen LogP contribution in [0.2, 0.25) is 0 Å². The molecule has 7 nitrogen and oxygen atoms in total. The monoisotopic (exact) mass is 622 g/mol. The third kappa shape index (κ3) is 8.06. The number of amides is 2. The van der Waals surface area contributed by atoms with Gasteiger partial charge in [0.15, 0.2) is 0 Å². The average molecular weight is 623 g/mol. The van der Waals surface area contributed by atoms with Crippen molar-refractivity contribution in [1.82, 2.24) is 20.0 Å². The molecule has 6 rings (SSSR count). The van der Waals surface area contributed by atoms with Crippen LogP contribution in [0, 0.1) is 0 Å². The minimum absolute atomic E-state index is 0.00230. The minimum Gasteiger partial charge on any atom is -0.374 e. The fourth-order valence-electron chi connectivity index (χ4n) is 7.64. The van der Waals surface area contributed by atoms with Gasteiger partial charge in [-0.25, -0.2) is 0 Å². The summed E-state index contributed by atoms with van der Waals surface area (Å²) in [5.74, 6) is 0.0218. The summed E-state index contributed by atoms with van der Waals surface area (Å²) in [6, 6.07) is 30.6. The molecule has 46 heavy (non-hydrogen) atoms. The number of benzene rings is 3. The van der Waals surface area contributed by atoms with Gasteiger partial charge in [-0.3, -0.25) is 14.5 Å². The molecule has 3 aromatic carbocycles. The molecule has 7 heteroatoms. The largest absolute Gasteiger partial charge is 0.374 e. The minimum atomic E-state index is -0.785. The molecule has 3 aliphatic heterocycles. The van der Waals surface area contributed by atoms with Crippen molar-refractivity contribution in [2.75, 3.05) is 39.3 Å². The summed E-state index contributed by atoms with van der Waals surface area (Å²) in [4.78, 5) is 35.3. The molecular formula is C39H50N4O3. The Morgan fingerprint density at radius 1 is 0.717 bits per heavy atom. The summed E-state index contributed by atoms with van der Waals surface area (Å²) in [5, 5.41) is 3.12. The number of aryl methyl sites for hydroxylation is 1. The van der Waals surface area contributed by atoms with E-state index in [0.717, 1.165) is 57.7 Å². The van der Waals surface area contributed by atoms with Crippen LogP contribution in [0.15, 0.2) is 91.0 Å². The number of hydrogen-bond donors (Lipinski definition) is 1. The van der Waals surface area contributed by atoms with Crippen molar-refractivity contribution >= 4 is 11.8 Å². The average Bonchev–Trinajstić information content (AvgIpc) is 3.55. The highest BCUT2D eigenvalue weighted by atomic mass is 16.5. The smallest absolute Gasteiger partial charge is 0.248 e. The predicted molar refractivity (Wildman–Crippen MR) is 182 cm³/mol. The van der Waals surface area contributed by atoms with Crippen molar-refractivity contribution < 1.29 is 14.3 Å². The first-order valence-corrected chi connectivity index (χ1v) is 17.4. The summed E-state index contributed by atoms with van der Waals surface area (Å²) in [7, 11) is 0. The number of piperazine rings is 1. The van der Waals surface area contributed by atoms with E-state index < -0.39 is 11.6 Å². The lowest BCUT2D eigenvalue weighted by atomic mass is 9.80. The van der Waals surface area contributed by atoms with Gasteiger partial charge in [-0.1, -0.05) is 104 Å². The number of carbonyl (C=O) groups is 2. The lowest BCUT2D eigenvalue weighted by Gasteiger charge is -2.53. The van der Waals surface area contributed by atoms with E-state index in [0.29, 0.717) is 19.4 Å². The van der Waals surface area contributed by atoms with Crippen LogP contribution >= 0.6 is 0 Å². The summed E-state index contributed by atoms with van der Waals surface area (Å²) >= 11 is 0. The Labute approximate surface area is 274 Å². The highest BCUT2D eigenvalue weighted by Crippen LogP contribution is 2.37. The summed E-state index contributed by atoms with van der Waals surface area (Å²) < 4.78 is 6.00. The molecule has 3 saturated heterocycles. The van der Waals surface area contributed by atoms with Crippen LogP contribution in [0.3, 0.4) is 0 Å². The van der Waals surface area contributed by atoms with Crippen LogP contribution in [0.1, 0.15) is 61.6 Å². The van der Waals surface area contributed by atoms with E-state index in [1.54, 1.807) is 0 Å². The highest BCUT2D eigenvalue weighted by molar-refractivity contribution is 6.00. The standard InChI is InChI=1S/C39H50N4O3/c44-37-36(31-46-30-34-19-11-5-12-20-34)40-38(45)39(43(37)35-21-25-42(29-35)28-33-17-9-4-10-18-33)22-26-41(27-23-39)24-13-2-1-6-14-32-15-7-3-8-16-32/h3-5,7-12,15-20,35-36H,1-2,6,13-14,21-31H2,(H,40,45). The third-order valence-electron chi connectivity index (χ3n) is 10.2. The number of hydrogen-bond acceptors (Lipinski definition) is 5. The molecule has 3 aliphatic rings. The lowest BCUT2D eigenvalue weighted by molar-refractivity contribution is -0.166. The second-order valence-electron chi connectivity index (χ2n) is 13.4. The molecule has 3 aromatic rings. The molecule has 3 heterocycles. The van der Waals surface area contributed by atoms with Gasteiger partial charge in [-0.15, -0.1) is 0 Å². The first-order chi connectivity index (χ1) is 22.6. The molecule has 2 unspecified atom stereocenters. The van der Waals surface area contributed by atoms with Crippen molar-refractivity contribution in [2.45, 2.75) is 82.1 Å². The fourth-order valence-corrected chi connectivity index (χ4v) is 7.64. The number of ether oxygens (including phenoxy) is 1. The van der Waals surface area contributed by atoms with Gasteiger partial charge in [0.1, 0.15) is 11.6 Å². The zero-order valence-electron chi connectivity index (χ0n) is 27.2. The molecule has 0 aromatic heterocycles. The Balaban J connectivity index is 1.06. The zero-order valence-corrected chi connectivity index (χ0v) is 27.2. The number of rotatable bonds is 14. The van der Waals surface area contributed by atoms with Crippen molar-refractivity contribution in [2.24, 2.45) is 0 Å². The lowest BCUT2D eigenvalue weighted by Crippen LogP contribution is -2.75. The second kappa shape index (κ2) is 15.9. The second-order valence-corrected chi connectivity index (χ2v) is 13.4. The molecule has 1 spiro atoms. The summed E-state index contributed by atoms with van der Waals surface area (Å²) in [6.07, 6.45) is 8.27. The number of piperidine rings is 1. The molecule has 0 bridgehead atoms. The highest BCUT2D eigenvalue weighted by Gasteiger charge is 2.56. The van der Waals surface area contributed by atoms with Crippen molar-refractivity contribution in [3.8, 4) is 0 Å². The van der Waals surface area contributed by atoms with Crippen molar-refractivity contribution in [3.63, 3.8) is 0 Å².